The largest absolute Gasteiger partial charge is 0.361 e. The molecule has 1 amide bonds. The number of nitrogens with one attached hydrogen (secondary N) is 1. The van der Waals surface area contributed by atoms with Gasteiger partial charge in [0.15, 0.2) is 0 Å². The van der Waals surface area contributed by atoms with Gasteiger partial charge in [0, 0.05) is 25.7 Å². The van der Waals surface area contributed by atoms with Gasteiger partial charge in [-0.25, -0.2) is 0 Å². The van der Waals surface area contributed by atoms with Crippen LogP contribution in [0.1, 0.15) is 29.0 Å². The van der Waals surface area contributed by atoms with Crippen LogP contribution in [0.25, 0.3) is 0 Å². The summed E-state index contributed by atoms with van der Waals surface area (Å²) in [4.78, 5) is 14.4. The molecule has 1 aromatic rings. The first-order valence-electron chi connectivity index (χ1n) is 6.20. The minimum atomic E-state index is 0.0714. The number of hydrogen-bond acceptors (Lipinski definition) is 4. The van der Waals surface area contributed by atoms with Crippen molar-refractivity contribution in [1.82, 2.24) is 15.4 Å². The monoisotopic (exact) mass is 235 g/mol. The summed E-state index contributed by atoms with van der Waals surface area (Å²) in [6, 6.07) is 0.352. The maximum atomic E-state index is 12.4. The van der Waals surface area contributed by atoms with Crippen molar-refractivity contribution in [3.8, 4) is 0 Å². The van der Waals surface area contributed by atoms with E-state index in [1.807, 2.05) is 4.90 Å². The maximum Gasteiger partial charge on any atom is 0.259 e. The van der Waals surface area contributed by atoms with Crippen molar-refractivity contribution in [3.05, 3.63) is 17.5 Å². The first kappa shape index (κ1) is 10.8. The Bertz CT molecular complexity index is 429. The van der Waals surface area contributed by atoms with Crippen LogP contribution < -0.4 is 5.32 Å². The van der Waals surface area contributed by atoms with E-state index in [1.165, 1.54) is 12.6 Å². The quantitative estimate of drug-likeness (QED) is 0.782. The fourth-order valence-electron chi connectivity index (χ4n) is 2.98. The Balaban J connectivity index is 1.83. The van der Waals surface area contributed by atoms with Crippen LogP contribution in [0.3, 0.4) is 0 Å². The molecule has 0 aliphatic carbocycles. The molecule has 1 N–H and O–H groups in total. The SMILES string of the molecule is Cc1oncc1C(=O)N1CCCC2CNCC21. The summed E-state index contributed by atoms with van der Waals surface area (Å²) in [5, 5.41) is 7.06. The third-order valence-corrected chi connectivity index (χ3v) is 3.92. The molecule has 0 spiro atoms. The lowest BCUT2D eigenvalue weighted by Crippen LogP contribution is -2.48. The molecule has 0 aromatic carbocycles. The normalized spacial score (nSPS) is 28.2. The van der Waals surface area contributed by atoms with Crippen molar-refractivity contribution in [2.45, 2.75) is 25.8 Å². The van der Waals surface area contributed by atoms with Gasteiger partial charge in [0.25, 0.3) is 5.91 Å². The van der Waals surface area contributed by atoms with Crippen molar-refractivity contribution in [1.29, 1.82) is 0 Å². The zero-order valence-electron chi connectivity index (χ0n) is 9.98. The number of carbonyl (C=O) groups excluding carboxylic acids is 1. The minimum Gasteiger partial charge on any atom is -0.361 e. The van der Waals surface area contributed by atoms with E-state index < -0.39 is 0 Å². The lowest BCUT2D eigenvalue weighted by molar-refractivity contribution is 0.0573. The highest BCUT2D eigenvalue weighted by Gasteiger charge is 2.38. The Morgan fingerprint density at radius 1 is 1.59 bits per heavy atom. The Hall–Kier alpha value is -1.36. The van der Waals surface area contributed by atoms with Crippen LogP contribution in [0.2, 0.25) is 0 Å². The Kier molecular flexibility index (Phi) is 2.63. The first-order chi connectivity index (χ1) is 8.27. The molecule has 2 atom stereocenters. The standard InChI is InChI=1S/C12H17N3O2/c1-8-10(6-14-17-8)12(16)15-4-2-3-9-5-13-7-11(9)15/h6,9,11,13H,2-5,7H2,1H3. The van der Waals surface area contributed by atoms with Gasteiger partial charge in [-0.3, -0.25) is 4.79 Å². The van der Waals surface area contributed by atoms with Gasteiger partial charge >= 0.3 is 0 Å². The van der Waals surface area contributed by atoms with E-state index in [2.05, 4.69) is 10.5 Å². The van der Waals surface area contributed by atoms with E-state index in [-0.39, 0.29) is 5.91 Å². The lowest BCUT2D eigenvalue weighted by Gasteiger charge is -2.36. The highest BCUT2D eigenvalue weighted by atomic mass is 16.5. The average Bonchev–Trinajstić information content (AvgIpc) is 2.95. The number of hydrogen-bond donors (Lipinski definition) is 1. The Morgan fingerprint density at radius 3 is 3.24 bits per heavy atom. The Morgan fingerprint density at radius 2 is 2.47 bits per heavy atom. The number of nitrogens with zero attached hydrogens (tertiary/aromatic N) is 2. The summed E-state index contributed by atoms with van der Waals surface area (Å²) < 4.78 is 4.97. The van der Waals surface area contributed by atoms with Crippen LogP contribution in [0, 0.1) is 12.8 Å². The predicted octanol–water partition coefficient (Wildman–Crippen LogP) is 0.807. The average molecular weight is 235 g/mol. The number of rotatable bonds is 1. The van der Waals surface area contributed by atoms with E-state index in [0.29, 0.717) is 23.3 Å². The van der Waals surface area contributed by atoms with Crippen LogP contribution in [-0.4, -0.2) is 41.6 Å². The van der Waals surface area contributed by atoms with E-state index in [1.54, 1.807) is 6.92 Å². The van der Waals surface area contributed by atoms with Crippen LogP contribution in [0.5, 0.6) is 0 Å². The van der Waals surface area contributed by atoms with E-state index in [4.69, 9.17) is 4.52 Å². The summed E-state index contributed by atoms with van der Waals surface area (Å²) in [6.07, 6.45) is 3.85. The van der Waals surface area contributed by atoms with E-state index in [9.17, 15) is 4.79 Å². The number of likely N-dealkylation sites (tertiary alicyclic amines) is 1. The Labute approximate surface area is 100 Å². The number of carbonyl (C=O) groups is 1. The van der Waals surface area contributed by atoms with Gasteiger partial charge in [-0.2, -0.15) is 0 Å². The fourth-order valence-corrected chi connectivity index (χ4v) is 2.98. The van der Waals surface area contributed by atoms with Crippen molar-refractivity contribution in [2.24, 2.45) is 5.92 Å². The minimum absolute atomic E-state index is 0.0714. The molecule has 3 rings (SSSR count). The van der Waals surface area contributed by atoms with Crippen LogP contribution in [0.15, 0.2) is 10.7 Å². The first-order valence-corrected chi connectivity index (χ1v) is 6.20. The highest BCUT2D eigenvalue weighted by Crippen LogP contribution is 2.28. The van der Waals surface area contributed by atoms with E-state index >= 15 is 0 Å². The smallest absolute Gasteiger partial charge is 0.259 e. The number of amides is 1. The topological polar surface area (TPSA) is 58.4 Å². The molecule has 2 aliphatic rings. The molecule has 0 radical (unpaired) electrons. The van der Waals surface area contributed by atoms with Gasteiger partial charge in [-0.1, -0.05) is 5.16 Å². The van der Waals surface area contributed by atoms with Gasteiger partial charge in [0.2, 0.25) is 0 Å². The molecule has 2 aliphatic heterocycles. The van der Waals surface area contributed by atoms with Crippen molar-refractivity contribution in [3.63, 3.8) is 0 Å². The third kappa shape index (κ3) is 1.74. The molecule has 5 nitrogen and oxygen atoms in total. The lowest BCUT2D eigenvalue weighted by atomic mass is 9.91. The second-order valence-electron chi connectivity index (χ2n) is 4.92. The maximum absolute atomic E-state index is 12.4. The molecule has 0 bridgehead atoms. The number of aryl methyl sites for hydroxylation is 1. The molecule has 5 heteroatoms. The van der Waals surface area contributed by atoms with Crippen molar-refractivity contribution in [2.75, 3.05) is 19.6 Å². The zero-order chi connectivity index (χ0) is 11.8. The third-order valence-electron chi connectivity index (χ3n) is 3.92. The second kappa shape index (κ2) is 4.14. The predicted molar refractivity (Wildman–Crippen MR) is 61.7 cm³/mol. The molecule has 17 heavy (non-hydrogen) atoms. The molecular formula is C12H17N3O2. The van der Waals surface area contributed by atoms with Gasteiger partial charge in [0.05, 0.1) is 6.20 Å². The molecule has 0 saturated carbocycles. The van der Waals surface area contributed by atoms with Gasteiger partial charge in [-0.15, -0.1) is 0 Å². The molecule has 2 unspecified atom stereocenters. The van der Waals surface area contributed by atoms with Gasteiger partial charge in [-0.05, 0) is 25.7 Å². The molecular weight excluding hydrogens is 218 g/mol. The number of piperidine rings is 1. The summed E-state index contributed by atoms with van der Waals surface area (Å²) in [5.74, 6) is 1.30. The summed E-state index contributed by atoms with van der Waals surface area (Å²) in [5.41, 5.74) is 0.609. The molecule has 92 valence electrons. The highest BCUT2D eigenvalue weighted by molar-refractivity contribution is 5.95. The van der Waals surface area contributed by atoms with Gasteiger partial charge in [0.1, 0.15) is 11.3 Å². The molecule has 1 aromatic heterocycles. The number of fused-ring (bicyclic) bond motifs is 1. The van der Waals surface area contributed by atoms with Crippen molar-refractivity contribution >= 4 is 5.91 Å². The van der Waals surface area contributed by atoms with Crippen molar-refractivity contribution < 1.29 is 9.32 Å². The summed E-state index contributed by atoms with van der Waals surface area (Å²) >= 11 is 0. The fraction of sp³-hybridized carbons (Fsp3) is 0.667. The van der Waals surface area contributed by atoms with E-state index in [0.717, 1.165) is 26.1 Å². The molecule has 3 heterocycles. The molecule has 2 saturated heterocycles. The van der Waals surface area contributed by atoms with Gasteiger partial charge < -0.3 is 14.7 Å². The van der Waals surface area contributed by atoms with Crippen LogP contribution >= 0.6 is 0 Å². The molecule has 2 fully saturated rings. The number of aromatic nitrogens is 1. The summed E-state index contributed by atoms with van der Waals surface area (Å²) in [6.45, 7) is 4.60. The summed E-state index contributed by atoms with van der Waals surface area (Å²) in [7, 11) is 0. The van der Waals surface area contributed by atoms with Crippen LogP contribution in [-0.2, 0) is 0 Å². The zero-order valence-corrected chi connectivity index (χ0v) is 9.98. The van der Waals surface area contributed by atoms with Crippen LogP contribution in [0.4, 0.5) is 0 Å². The second-order valence-corrected chi connectivity index (χ2v) is 4.92.